The first kappa shape index (κ1) is 24.7. The van der Waals surface area contributed by atoms with Crippen molar-refractivity contribution in [1.82, 2.24) is 14.9 Å². The molecule has 2 aromatic rings. The van der Waals surface area contributed by atoms with Crippen LogP contribution in [0.5, 0.6) is 0 Å². The van der Waals surface area contributed by atoms with Crippen LogP contribution in [-0.4, -0.2) is 39.6 Å². The van der Waals surface area contributed by atoms with E-state index in [0.717, 1.165) is 49.2 Å². The number of carbonyl (C=O) groups is 1. The summed E-state index contributed by atoms with van der Waals surface area (Å²) < 4.78 is 15.1. The lowest BCUT2D eigenvalue weighted by Gasteiger charge is -2.35. The van der Waals surface area contributed by atoms with E-state index in [4.69, 9.17) is 23.1 Å². The minimum atomic E-state index is -0.387. The molecule has 1 aromatic heterocycles. The molecule has 0 amide bonds. The van der Waals surface area contributed by atoms with Crippen LogP contribution in [0.2, 0.25) is 5.02 Å². The van der Waals surface area contributed by atoms with Crippen molar-refractivity contribution < 1.29 is 9.18 Å². The molecule has 0 bridgehead atoms. The number of halogens is 2. The molecule has 1 aliphatic heterocycles. The molecule has 8 nitrogen and oxygen atoms in total. The first-order chi connectivity index (χ1) is 16.7. The zero-order valence-corrected chi connectivity index (χ0v) is 20.6. The van der Waals surface area contributed by atoms with Crippen molar-refractivity contribution >= 4 is 40.7 Å². The second-order valence-corrected chi connectivity index (χ2v) is 9.37. The molecule has 2 heterocycles. The van der Waals surface area contributed by atoms with Gasteiger partial charge in [0.2, 0.25) is 5.95 Å². The number of likely N-dealkylation sites (tertiary alicyclic amines) is 1. The molecule has 10 heteroatoms. The number of aliphatic imine (C=N–C) groups is 1. The Morgan fingerprint density at radius 1 is 1.29 bits per heavy atom. The predicted molar refractivity (Wildman–Crippen MR) is 137 cm³/mol. The average molecular weight is 498 g/mol. The summed E-state index contributed by atoms with van der Waals surface area (Å²) in [4.78, 5) is 26.4. The maximum Gasteiger partial charge on any atom is 0.229 e. The fourth-order valence-electron chi connectivity index (χ4n) is 4.55. The van der Waals surface area contributed by atoms with Crippen molar-refractivity contribution in [2.45, 2.75) is 45.4 Å². The summed E-state index contributed by atoms with van der Waals surface area (Å²) in [5, 5.41) is 3.13. The number of nitrogens with two attached hydrogens (primary N) is 2. The van der Waals surface area contributed by atoms with Gasteiger partial charge in [-0.25, -0.2) is 14.4 Å². The summed E-state index contributed by atoms with van der Waals surface area (Å²) in [7, 11) is 0. The Bertz CT molecular complexity index is 1230. The summed E-state index contributed by atoms with van der Waals surface area (Å²) in [6.45, 7) is 5.40. The number of rotatable bonds is 6. The van der Waals surface area contributed by atoms with Crippen LogP contribution >= 0.6 is 11.6 Å². The molecule has 0 atom stereocenters. The van der Waals surface area contributed by atoms with Gasteiger partial charge in [0.1, 0.15) is 16.7 Å². The number of carbonyl (C=O) groups excluding carboxylic acids is 1. The number of hydrogen-bond donors (Lipinski definition) is 3. The quantitative estimate of drug-likeness (QED) is 0.393. The number of aryl methyl sites for hydroxylation is 1. The largest absolute Gasteiger partial charge is 0.402 e. The van der Waals surface area contributed by atoms with Gasteiger partial charge in [-0.05, 0) is 68.4 Å². The highest BCUT2D eigenvalue weighted by Crippen LogP contribution is 2.35. The Kier molecular flexibility index (Phi) is 7.35. The molecule has 1 fully saturated rings. The standard InChI is InChI=1S/C25H29ClFN7O/c1-14-9-22(31-25-30-13-20(26)24(33-25)32-23(29)10-15(2)28)21(27)12-19(14)16-5-7-34(8-6-16)17-3-4-18(35)11-17/h9-13,16H,3-8,28H2,1-2H3,(H3,29,30,31,32,33)/b15-10-. The highest BCUT2D eigenvalue weighted by molar-refractivity contribution is 6.32. The van der Waals surface area contributed by atoms with Gasteiger partial charge in [0.25, 0.3) is 0 Å². The van der Waals surface area contributed by atoms with Crippen molar-refractivity contribution in [1.29, 1.82) is 0 Å². The van der Waals surface area contributed by atoms with Gasteiger partial charge in [-0.15, -0.1) is 0 Å². The van der Waals surface area contributed by atoms with Gasteiger partial charge in [0.15, 0.2) is 11.6 Å². The van der Waals surface area contributed by atoms with E-state index in [2.05, 4.69) is 25.2 Å². The number of ketones is 1. The third kappa shape index (κ3) is 5.97. The van der Waals surface area contributed by atoms with E-state index in [9.17, 15) is 4.79 Å². The van der Waals surface area contributed by atoms with E-state index in [1.807, 2.05) is 6.92 Å². The minimum absolute atomic E-state index is 0.143. The Morgan fingerprint density at radius 2 is 2.03 bits per heavy atom. The normalized spacial score (nSPS) is 17.7. The maximum atomic E-state index is 15.1. The molecular formula is C25H29ClFN7O. The van der Waals surface area contributed by atoms with Crippen LogP contribution in [0.3, 0.4) is 0 Å². The van der Waals surface area contributed by atoms with Gasteiger partial charge in [-0.1, -0.05) is 11.6 Å². The minimum Gasteiger partial charge on any atom is -0.402 e. The first-order valence-electron chi connectivity index (χ1n) is 11.6. The molecule has 4 rings (SSSR count). The van der Waals surface area contributed by atoms with Crippen LogP contribution in [0, 0.1) is 12.7 Å². The lowest BCUT2D eigenvalue weighted by molar-refractivity contribution is -0.114. The smallest absolute Gasteiger partial charge is 0.229 e. The third-order valence-corrected chi connectivity index (χ3v) is 6.50. The number of benzene rings is 1. The average Bonchev–Trinajstić information content (AvgIpc) is 3.24. The van der Waals surface area contributed by atoms with E-state index in [1.165, 1.54) is 12.3 Å². The second kappa shape index (κ2) is 10.4. The van der Waals surface area contributed by atoms with E-state index in [1.54, 1.807) is 25.1 Å². The molecule has 35 heavy (non-hydrogen) atoms. The fourth-order valence-corrected chi connectivity index (χ4v) is 4.68. The summed E-state index contributed by atoms with van der Waals surface area (Å²) in [5.74, 6) is 0.526. The van der Waals surface area contributed by atoms with Crippen LogP contribution < -0.4 is 16.8 Å². The van der Waals surface area contributed by atoms with Crippen molar-refractivity contribution in [3.8, 4) is 0 Å². The lowest BCUT2D eigenvalue weighted by Crippen LogP contribution is -2.32. The van der Waals surface area contributed by atoms with E-state index < -0.39 is 0 Å². The summed E-state index contributed by atoms with van der Waals surface area (Å²) >= 11 is 6.14. The number of aromatic nitrogens is 2. The number of anilines is 2. The lowest BCUT2D eigenvalue weighted by atomic mass is 9.86. The van der Waals surface area contributed by atoms with Crippen molar-refractivity contribution in [3.63, 3.8) is 0 Å². The van der Waals surface area contributed by atoms with Gasteiger partial charge >= 0.3 is 0 Å². The maximum absolute atomic E-state index is 15.1. The van der Waals surface area contributed by atoms with Crippen LogP contribution in [0.1, 0.15) is 49.7 Å². The van der Waals surface area contributed by atoms with Crippen LogP contribution in [0.15, 0.2) is 46.9 Å². The highest BCUT2D eigenvalue weighted by atomic mass is 35.5. The van der Waals surface area contributed by atoms with Crippen LogP contribution in [0.4, 0.5) is 21.8 Å². The molecular weight excluding hydrogens is 469 g/mol. The molecule has 0 unspecified atom stereocenters. The molecule has 5 N–H and O–H groups in total. The monoisotopic (exact) mass is 497 g/mol. The SMILES string of the molecule is C/C(N)=C/C(N)=Nc1nc(Nc2cc(C)c(C3CCN(C4=CC(=O)CC4)CC3)cc2F)ncc1Cl. The van der Waals surface area contributed by atoms with Gasteiger partial charge in [0, 0.05) is 37.0 Å². The number of allylic oxidation sites excluding steroid dienone is 3. The zero-order chi connectivity index (χ0) is 25.1. The van der Waals surface area contributed by atoms with E-state index in [-0.39, 0.29) is 45.8 Å². The number of nitrogens with zero attached hydrogens (tertiary/aromatic N) is 4. The van der Waals surface area contributed by atoms with Gasteiger partial charge < -0.3 is 21.7 Å². The zero-order valence-electron chi connectivity index (χ0n) is 19.8. The number of piperidine rings is 1. The molecule has 1 saturated heterocycles. The number of nitrogens with one attached hydrogen (secondary N) is 1. The molecule has 0 spiro atoms. The third-order valence-electron chi connectivity index (χ3n) is 6.23. The van der Waals surface area contributed by atoms with Gasteiger partial charge in [-0.2, -0.15) is 4.98 Å². The molecule has 184 valence electrons. The highest BCUT2D eigenvalue weighted by Gasteiger charge is 2.26. The Hall–Kier alpha value is -3.46. The summed E-state index contributed by atoms with van der Waals surface area (Å²) in [6.07, 6.45) is 7.90. The molecule has 0 radical (unpaired) electrons. The second-order valence-electron chi connectivity index (χ2n) is 8.97. The Balaban J connectivity index is 1.48. The number of hydrogen-bond acceptors (Lipinski definition) is 7. The van der Waals surface area contributed by atoms with Gasteiger partial charge in [0.05, 0.1) is 11.9 Å². The first-order valence-corrected chi connectivity index (χ1v) is 11.9. The molecule has 2 aliphatic rings. The Morgan fingerprint density at radius 3 is 2.69 bits per heavy atom. The van der Waals surface area contributed by atoms with Crippen molar-refractivity contribution in [2.24, 2.45) is 16.5 Å². The van der Waals surface area contributed by atoms with Crippen LogP contribution in [0.25, 0.3) is 0 Å². The van der Waals surface area contributed by atoms with E-state index in [0.29, 0.717) is 12.1 Å². The molecule has 1 aliphatic carbocycles. The molecule has 0 saturated carbocycles. The summed E-state index contributed by atoms with van der Waals surface area (Å²) in [5.41, 5.74) is 15.3. The molecule has 1 aromatic carbocycles. The summed E-state index contributed by atoms with van der Waals surface area (Å²) in [6, 6.07) is 3.36. The van der Waals surface area contributed by atoms with Crippen molar-refractivity contribution in [3.05, 3.63) is 63.8 Å². The fraction of sp³-hybridized carbons (Fsp3) is 0.360. The van der Waals surface area contributed by atoms with E-state index >= 15 is 4.39 Å². The topological polar surface area (TPSA) is 123 Å². The number of amidine groups is 1. The van der Waals surface area contributed by atoms with Crippen molar-refractivity contribution in [2.75, 3.05) is 18.4 Å². The predicted octanol–water partition coefficient (Wildman–Crippen LogP) is 4.60. The van der Waals surface area contributed by atoms with Crippen LogP contribution in [-0.2, 0) is 4.79 Å². The van der Waals surface area contributed by atoms with Gasteiger partial charge in [-0.3, -0.25) is 4.79 Å². The Labute approximate surface area is 209 Å².